The minimum absolute atomic E-state index is 0.0550. The van der Waals surface area contributed by atoms with Crippen LogP contribution in [-0.4, -0.2) is 42.2 Å². The summed E-state index contributed by atoms with van der Waals surface area (Å²) in [6.07, 6.45) is 0.448. The van der Waals surface area contributed by atoms with Crippen LogP contribution in [0.25, 0.3) is 0 Å². The molecule has 3 aromatic carbocycles. The second kappa shape index (κ2) is 14.5. The van der Waals surface area contributed by atoms with Crippen molar-refractivity contribution in [2.45, 2.75) is 45.5 Å². The highest BCUT2D eigenvalue weighted by Gasteiger charge is 2.30. The minimum Gasteiger partial charge on any atom is -0.497 e. The molecule has 37 heavy (non-hydrogen) atoms. The van der Waals surface area contributed by atoms with Crippen LogP contribution in [0.5, 0.6) is 5.75 Å². The highest BCUT2D eigenvalue weighted by molar-refractivity contribution is 7.99. The first-order chi connectivity index (χ1) is 17.9. The molecule has 0 saturated heterocycles. The van der Waals surface area contributed by atoms with Crippen LogP contribution in [0.15, 0.2) is 78.9 Å². The molecule has 0 fully saturated rings. The van der Waals surface area contributed by atoms with E-state index >= 15 is 0 Å². The van der Waals surface area contributed by atoms with Crippen molar-refractivity contribution in [3.8, 4) is 5.75 Å². The second-order valence-corrected chi connectivity index (χ2v) is 10.7. The van der Waals surface area contributed by atoms with Gasteiger partial charge in [0.25, 0.3) is 0 Å². The van der Waals surface area contributed by atoms with Crippen molar-refractivity contribution in [3.05, 3.63) is 101 Å². The van der Waals surface area contributed by atoms with Crippen molar-refractivity contribution >= 4 is 23.6 Å². The van der Waals surface area contributed by atoms with Crippen LogP contribution in [0.2, 0.25) is 0 Å². The van der Waals surface area contributed by atoms with Gasteiger partial charge in [-0.05, 0) is 41.7 Å². The second-order valence-electron chi connectivity index (χ2n) is 9.70. The van der Waals surface area contributed by atoms with E-state index in [2.05, 4.69) is 50.4 Å². The molecule has 0 spiro atoms. The first-order valence-corrected chi connectivity index (χ1v) is 13.9. The lowest BCUT2D eigenvalue weighted by Gasteiger charge is -2.32. The van der Waals surface area contributed by atoms with Gasteiger partial charge < -0.3 is 15.0 Å². The van der Waals surface area contributed by atoms with Gasteiger partial charge in [-0.15, -0.1) is 11.8 Å². The fraction of sp³-hybridized carbons (Fsp3) is 0.355. The van der Waals surface area contributed by atoms with Gasteiger partial charge in [0, 0.05) is 25.3 Å². The van der Waals surface area contributed by atoms with E-state index in [9.17, 15) is 9.59 Å². The van der Waals surface area contributed by atoms with Gasteiger partial charge in [0.1, 0.15) is 11.8 Å². The van der Waals surface area contributed by atoms with Gasteiger partial charge in [-0.25, -0.2) is 0 Å². The monoisotopic (exact) mass is 518 g/mol. The average molecular weight is 519 g/mol. The zero-order valence-electron chi connectivity index (χ0n) is 22.3. The zero-order valence-corrected chi connectivity index (χ0v) is 23.1. The maximum Gasteiger partial charge on any atom is 0.243 e. The molecular formula is C31H38N2O3S. The average Bonchev–Trinajstić information content (AvgIpc) is 2.91. The Morgan fingerprint density at radius 1 is 0.919 bits per heavy atom. The number of carbonyl (C=O) groups excluding carboxylic acids is 2. The summed E-state index contributed by atoms with van der Waals surface area (Å²) < 4.78 is 5.40. The number of methoxy groups -OCH3 is 1. The molecule has 0 aliphatic rings. The highest BCUT2D eigenvalue weighted by atomic mass is 32.2. The van der Waals surface area contributed by atoms with E-state index in [1.54, 1.807) is 23.8 Å². The largest absolute Gasteiger partial charge is 0.497 e. The molecule has 2 amide bonds. The Labute approximate surface area is 225 Å². The Morgan fingerprint density at radius 3 is 2.30 bits per heavy atom. The maximum atomic E-state index is 13.7. The third-order valence-electron chi connectivity index (χ3n) is 6.06. The van der Waals surface area contributed by atoms with Crippen molar-refractivity contribution in [2.24, 2.45) is 5.92 Å². The molecule has 0 aliphatic carbocycles. The van der Waals surface area contributed by atoms with E-state index < -0.39 is 6.04 Å². The molecule has 196 valence electrons. The quantitative estimate of drug-likeness (QED) is 0.318. The zero-order chi connectivity index (χ0) is 26.6. The molecular weight excluding hydrogens is 480 g/mol. The first kappa shape index (κ1) is 28.3. The smallest absolute Gasteiger partial charge is 0.243 e. The van der Waals surface area contributed by atoms with Crippen LogP contribution < -0.4 is 10.1 Å². The molecule has 5 nitrogen and oxygen atoms in total. The topological polar surface area (TPSA) is 58.6 Å². The summed E-state index contributed by atoms with van der Waals surface area (Å²) in [4.78, 5) is 29.0. The summed E-state index contributed by atoms with van der Waals surface area (Å²) >= 11 is 1.57. The van der Waals surface area contributed by atoms with Gasteiger partial charge in [0.15, 0.2) is 0 Å². The SMILES string of the molecule is COc1cccc(CN(C(=O)CSCc2ccc(C)cc2)C(Cc2ccccc2)C(=O)NCC(C)C)c1. The molecule has 1 unspecified atom stereocenters. The molecule has 6 heteroatoms. The Morgan fingerprint density at radius 2 is 1.62 bits per heavy atom. The summed E-state index contributed by atoms with van der Waals surface area (Å²) in [5.41, 5.74) is 4.33. The van der Waals surface area contributed by atoms with Crippen molar-refractivity contribution in [2.75, 3.05) is 19.4 Å². The van der Waals surface area contributed by atoms with Crippen LogP contribution in [0, 0.1) is 12.8 Å². The molecule has 1 atom stereocenters. The number of hydrogen-bond donors (Lipinski definition) is 1. The van der Waals surface area contributed by atoms with Crippen LogP contribution in [0.4, 0.5) is 0 Å². The molecule has 3 rings (SSSR count). The summed E-state index contributed by atoms with van der Waals surface area (Å²) in [7, 11) is 1.63. The number of thioether (sulfide) groups is 1. The molecule has 0 saturated carbocycles. The lowest BCUT2D eigenvalue weighted by molar-refractivity contribution is -0.139. The van der Waals surface area contributed by atoms with Gasteiger partial charge in [-0.2, -0.15) is 0 Å². The molecule has 0 aliphatic heterocycles. The summed E-state index contributed by atoms with van der Waals surface area (Å²) in [5.74, 6) is 1.89. The molecule has 0 radical (unpaired) electrons. The van der Waals surface area contributed by atoms with Crippen LogP contribution in [0.3, 0.4) is 0 Å². The lowest BCUT2D eigenvalue weighted by atomic mass is 10.0. The predicted octanol–water partition coefficient (Wildman–Crippen LogP) is 5.65. The molecule has 3 aromatic rings. The number of ether oxygens (including phenoxy) is 1. The molecule has 0 aromatic heterocycles. The van der Waals surface area contributed by atoms with Crippen molar-refractivity contribution < 1.29 is 14.3 Å². The maximum absolute atomic E-state index is 13.7. The van der Waals surface area contributed by atoms with Crippen molar-refractivity contribution in [1.82, 2.24) is 10.2 Å². The van der Waals surface area contributed by atoms with E-state index in [0.717, 1.165) is 22.6 Å². The van der Waals surface area contributed by atoms with Crippen molar-refractivity contribution in [3.63, 3.8) is 0 Å². The van der Waals surface area contributed by atoms with Gasteiger partial charge in [-0.3, -0.25) is 9.59 Å². The number of nitrogens with one attached hydrogen (secondary N) is 1. The van der Waals surface area contributed by atoms with E-state index in [1.807, 2.05) is 54.6 Å². The van der Waals surface area contributed by atoms with Gasteiger partial charge in [0.05, 0.1) is 12.9 Å². The van der Waals surface area contributed by atoms with Crippen molar-refractivity contribution in [1.29, 1.82) is 0 Å². The fourth-order valence-electron chi connectivity index (χ4n) is 3.97. The molecule has 1 N–H and O–H groups in total. The van der Waals surface area contributed by atoms with Gasteiger partial charge in [0.2, 0.25) is 11.8 Å². The number of nitrogens with zero attached hydrogens (tertiary/aromatic N) is 1. The predicted molar refractivity (Wildman–Crippen MR) is 153 cm³/mol. The summed E-state index contributed by atoms with van der Waals surface area (Å²) in [6, 6.07) is 25.3. The number of aryl methyl sites for hydroxylation is 1. The third kappa shape index (κ3) is 9.29. The molecule has 0 bridgehead atoms. The highest BCUT2D eigenvalue weighted by Crippen LogP contribution is 2.21. The Bertz CT molecular complexity index is 1130. The number of rotatable bonds is 13. The standard InChI is InChI=1S/C31H38N2O3S/c1-23(2)19-32-31(35)29(18-25-9-6-5-7-10-25)33(20-27-11-8-12-28(17-27)36-4)30(34)22-37-21-26-15-13-24(3)14-16-26/h5-17,23,29H,18-22H2,1-4H3,(H,32,35). The van der Waals surface area contributed by atoms with E-state index in [-0.39, 0.29) is 11.8 Å². The first-order valence-electron chi connectivity index (χ1n) is 12.7. The minimum atomic E-state index is -0.625. The normalized spacial score (nSPS) is 11.7. The number of carbonyl (C=O) groups is 2. The van der Waals surface area contributed by atoms with Crippen LogP contribution >= 0.6 is 11.8 Å². The Balaban J connectivity index is 1.85. The van der Waals surface area contributed by atoms with E-state index in [0.29, 0.717) is 31.2 Å². The van der Waals surface area contributed by atoms with Crippen LogP contribution in [0.1, 0.15) is 36.1 Å². The van der Waals surface area contributed by atoms with Crippen LogP contribution in [-0.2, 0) is 28.3 Å². The fourth-order valence-corrected chi connectivity index (χ4v) is 4.84. The molecule has 0 heterocycles. The Kier molecular flexibility index (Phi) is 11.1. The van der Waals surface area contributed by atoms with E-state index in [1.165, 1.54) is 11.1 Å². The van der Waals surface area contributed by atoms with E-state index in [4.69, 9.17) is 4.74 Å². The number of hydrogen-bond acceptors (Lipinski definition) is 4. The lowest BCUT2D eigenvalue weighted by Crippen LogP contribution is -2.51. The van der Waals surface area contributed by atoms with Gasteiger partial charge >= 0.3 is 0 Å². The number of amides is 2. The summed E-state index contributed by atoms with van der Waals surface area (Å²) in [5, 5.41) is 3.07. The van der Waals surface area contributed by atoms with Gasteiger partial charge in [-0.1, -0.05) is 86.1 Å². The summed E-state index contributed by atoms with van der Waals surface area (Å²) in [6.45, 7) is 7.08. The third-order valence-corrected chi connectivity index (χ3v) is 7.05. The number of benzene rings is 3. The Hall–Kier alpha value is -3.25.